The van der Waals surface area contributed by atoms with E-state index in [0.717, 1.165) is 0 Å². The highest BCUT2D eigenvalue weighted by atomic mass is 19.3. The number of ether oxygens (including phenoxy) is 1. The van der Waals surface area contributed by atoms with Gasteiger partial charge in [0.1, 0.15) is 11.9 Å². The van der Waals surface area contributed by atoms with Crippen LogP contribution in [0.2, 0.25) is 0 Å². The molecule has 1 aromatic rings. The van der Waals surface area contributed by atoms with Crippen LogP contribution in [0.15, 0.2) is 22.8 Å². The van der Waals surface area contributed by atoms with E-state index < -0.39 is 24.4 Å². The first kappa shape index (κ1) is 11.1. The van der Waals surface area contributed by atoms with Crippen LogP contribution in [0.4, 0.5) is 8.78 Å². The molecule has 1 saturated heterocycles. The third kappa shape index (κ3) is 2.38. The second kappa shape index (κ2) is 4.21. The van der Waals surface area contributed by atoms with Gasteiger partial charge in [-0.3, -0.25) is 0 Å². The summed E-state index contributed by atoms with van der Waals surface area (Å²) >= 11 is 0. The number of rotatable bonds is 4. The normalized spacial score (nSPS) is 23.4. The Labute approximate surface area is 90.6 Å². The summed E-state index contributed by atoms with van der Waals surface area (Å²) in [5.41, 5.74) is 0. The molecular formula is C10H11F2NO3. The molecule has 1 atom stereocenters. The van der Waals surface area contributed by atoms with Crippen LogP contribution >= 0.6 is 0 Å². The molecule has 2 rings (SSSR count). The highest BCUT2D eigenvalue weighted by molar-refractivity contribution is 5.79. The molecule has 0 bridgehead atoms. The van der Waals surface area contributed by atoms with Crippen molar-refractivity contribution in [1.29, 1.82) is 0 Å². The number of hydrogen-bond acceptors (Lipinski definition) is 4. The van der Waals surface area contributed by atoms with E-state index in [2.05, 4.69) is 10.1 Å². The highest BCUT2D eigenvalue weighted by Gasteiger charge is 2.50. The van der Waals surface area contributed by atoms with E-state index >= 15 is 0 Å². The van der Waals surface area contributed by atoms with Crippen LogP contribution in [0.5, 0.6) is 0 Å². The molecule has 0 aromatic carbocycles. The van der Waals surface area contributed by atoms with Gasteiger partial charge < -0.3 is 14.5 Å². The van der Waals surface area contributed by atoms with Gasteiger partial charge in [-0.2, -0.15) is 8.78 Å². The summed E-state index contributed by atoms with van der Waals surface area (Å²) in [6.45, 7) is 0.620. The molecule has 1 aliphatic heterocycles. The zero-order valence-corrected chi connectivity index (χ0v) is 8.41. The minimum absolute atomic E-state index is 0.196. The van der Waals surface area contributed by atoms with Gasteiger partial charge in [0.15, 0.2) is 0 Å². The number of nitrogens with one attached hydrogen (secondary N) is 1. The van der Waals surface area contributed by atoms with Gasteiger partial charge in [0.25, 0.3) is 0 Å². The summed E-state index contributed by atoms with van der Waals surface area (Å²) in [6.07, 6.45) is 0.204. The fraction of sp³-hybridized carbons (Fsp3) is 0.500. The molecule has 1 aromatic heterocycles. The van der Waals surface area contributed by atoms with Gasteiger partial charge in [-0.05, 0) is 12.1 Å². The zero-order chi connectivity index (χ0) is 11.6. The summed E-state index contributed by atoms with van der Waals surface area (Å²) < 4.78 is 35.1. The Bertz CT molecular complexity index is 364. The van der Waals surface area contributed by atoms with Gasteiger partial charge in [0, 0.05) is 6.54 Å². The van der Waals surface area contributed by atoms with Crippen molar-refractivity contribution in [3.63, 3.8) is 0 Å². The summed E-state index contributed by atoms with van der Waals surface area (Å²) in [5, 5.41) is 2.88. The molecule has 0 radical (unpaired) electrons. The summed E-state index contributed by atoms with van der Waals surface area (Å²) in [7, 11) is 0. The predicted octanol–water partition coefficient (Wildman–Crippen LogP) is 1.32. The lowest BCUT2D eigenvalue weighted by Crippen LogP contribution is -2.26. The highest BCUT2D eigenvalue weighted by Crippen LogP contribution is 2.30. The van der Waals surface area contributed by atoms with Crippen LogP contribution in [0.1, 0.15) is 12.2 Å². The predicted molar refractivity (Wildman–Crippen MR) is 49.9 cm³/mol. The van der Waals surface area contributed by atoms with Gasteiger partial charge >= 0.3 is 11.9 Å². The molecule has 0 saturated carbocycles. The second-order valence-electron chi connectivity index (χ2n) is 3.65. The Morgan fingerprint density at radius 1 is 1.56 bits per heavy atom. The number of esters is 1. The smallest absolute Gasteiger partial charge is 0.377 e. The molecule has 4 nitrogen and oxygen atoms in total. The molecule has 16 heavy (non-hydrogen) atoms. The van der Waals surface area contributed by atoms with E-state index in [1.807, 2.05) is 0 Å². The Kier molecular flexibility index (Phi) is 2.91. The first-order chi connectivity index (χ1) is 7.58. The number of alkyl halides is 2. The zero-order valence-electron chi connectivity index (χ0n) is 8.41. The fourth-order valence-corrected chi connectivity index (χ4v) is 1.53. The Morgan fingerprint density at radius 2 is 2.38 bits per heavy atom. The average Bonchev–Trinajstić information content (AvgIpc) is 2.76. The van der Waals surface area contributed by atoms with Crippen LogP contribution in [0, 0.1) is 0 Å². The monoisotopic (exact) mass is 231 g/mol. The van der Waals surface area contributed by atoms with E-state index in [1.54, 1.807) is 12.1 Å². The van der Waals surface area contributed by atoms with Crippen molar-refractivity contribution in [3.8, 4) is 0 Å². The van der Waals surface area contributed by atoms with Crippen molar-refractivity contribution in [2.45, 2.75) is 25.0 Å². The van der Waals surface area contributed by atoms with Crippen LogP contribution in [0.3, 0.4) is 0 Å². The van der Waals surface area contributed by atoms with Crippen molar-refractivity contribution in [2.75, 3.05) is 6.54 Å². The quantitative estimate of drug-likeness (QED) is 0.794. The van der Waals surface area contributed by atoms with Gasteiger partial charge in [-0.1, -0.05) is 0 Å². The molecule has 1 aliphatic rings. The summed E-state index contributed by atoms with van der Waals surface area (Å²) in [6, 6.07) is 3.50. The third-order valence-corrected chi connectivity index (χ3v) is 2.31. The Balaban J connectivity index is 1.74. The fourth-order valence-electron chi connectivity index (χ4n) is 1.53. The molecular weight excluding hydrogens is 220 g/mol. The summed E-state index contributed by atoms with van der Waals surface area (Å²) in [5.74, 6) is -4.06. The van der Waals surface area contributed by atoms with E-state index in [4.69, 9.17) is 4.42 Å². The maximum absolute atomic E-state index is 12.8. The minimum Gasteiger partial charge on any atom is -0.468 e. The maximum Gasteiger partial charge on any atom is 0.377 e. The molecule has 1 fully saturated rings. The summed E-state index contributed by atoms with van der Waals surface area (Å²) in [4.78, 5) is 10.7. The number of cyclic esters (lactones) is 1. The van der Waals surface area contributed by atoms with Gasteiger partial charge in [-0.25, -0.2) is 4.79 Å². The molecule has 0 spiro atoms. The van der Waals surface area contributed by atoms with E-state index in [1.165, 1.54) is 6.26 Å². The first-order valence-corrected chi connectivity index (χ1v) is 4.90. The van der Waals surface area contributed by atoms with Crippen LogP contribution in [-0.4, -0.2) is 24.5 Å². The number of halogens is 2. The maximum atomic E-state index is 12.8. The lowest BCUT2D eigenvalue weighted by atomic mass is 10.2. The third-order valence-electron chi connectivity index (χ3n) is 2.31. The first-order valence-electron chi connectivity index (χ1n) is 4.90. The second-order valence-corrected chi connectivity index (χ2v) is 3.65. The van der Waals surface area contributed by atoms with Crippen molar-refractivity contribution in [3.05, 3.63) is 24.2 Å². The van der Waals surface area contributed by atoms with E-state index in [0.29, 0.717) is 12.3 Å². The number of furan rings is 1. The number of hydrogen-bond donors (Lipinski definition) is 1. The van der Waals surface area contributed by atoms with Crippen molar-refractivity contribution in [1.82, 2.24) is 5.32 Å². The van der Waals surface area contributed by atoms with E-state index in [9.17, 15) is 13.6 Å². The molecule has 88 valence electrons. The molecule has 1 unspecified atom stereocenters. The standard InChI is InChI=1S/C10H11F2NO3/c11-10(12)4-8(16-9(10)14)6-13-5-7-2-1-3-15-7/h1-3,8,13H,4-6H2. The van der Waals surface area contributed by atoms with Crippen molar-refractivity contribution in [2.24, 2.45) is 0 Å². The largest absolute Gasteiger partial charge is 0.468 e. The van der Waals surface area contributed by atoms with Gasteiger partial charge in [-0.15, -0.1) is 0 Å². The molecule has 1 N–H and O–H groups in total. The lowest BCUT2D eigenvalue weighted by molar-refractivity contribution is -0.159. The minimum atomic E-state index is -3.34. The molecule has 6 heteroatoms. The SMILES string of the molecule is O=C1OC(CNCc2ccco2)CC1(F)F. The number of carbonyl (C=O) groups excluding carboxylic acids is 1. The lowest BCUT2D eigenvalue weighted by Gasteiger charge is -2.08. The molecule has 0 amide bonds. The van der Waals surface area contributed by atoms with Crippen LogP contribution in [0.25, 0.3) is 0 Å². The van der Waals surface area contributed by atoms with Crippen LogP contribution < -0.4 is 5.32 Å². The van der Waals surface area contributed by atoms with E-state index in [-0.39, 0.29) is 6.54 Å². The molecule has 0 aliphatic carbocycles. The molecule has 2 heterocycles. The van der Waals surface area contributed by atoms with Crippen molar-refractivity contribution < 1.29 is 22.7 Å². The van der Waals surface area contributed by atoms with Crippen LogP contribution in [-0.2, 0) is 16.1 Å². The number of carbonyl (C=O) groups is 1. The van der Waals surface area contributed by atoms with Gasteiger partial charge in [0.05, 0.1) is 19.2 Å². The topological polar surface area (TPSA) is 51.5 Å². The Hall–Kier alpha value is -1.43. The average molecular weight is 231 g/mol. The Morgan fingerprint density at radius 3 is 2.94 bits per heavy atom. The van der Waals surface area contributed by atoms with Gasteiger partial charge in [0.2, 0.25) is 0 Å². The van der Waals surface area contributed by atoms with Crippen molar-refractivity contribution >= 4 is 5.97 Å².